The van der Waals surface area contributed by atoms with E-state index in [0.29, 0.717) is 12.1 Å². The van der Waals surface area contributed by atoms with Gasteiger partial charge in [0.05, 0.1) is 11.8 Å². The maximum absolute atomic E-state index is 11.6. The topological polar surface area (TPSA) is 72.9 Å². The molecule has 0 saturated carbocycles. The molecule has 0 aromatic carbocycles. The quantitative estimate of drug-likeness (QED) is 0.703. The lowest BCUT2D eigenvalue weighted by atomic mass is 10.2. The molecule has 1 amide bonds. The highest BCUT2D eigenvalue weighted by Crippen LogP contribution is 2.04. The van der Waals surface area contributed by atoms with Gasteiger partial charge < -0.3 is 11.1 Å². The van der Waals surface area contributed by atoms with E-state index < -0.39 is 0 Å². The molecule has 0 aliphatic heterocycles. The van der Waals surface area contributed by atoms with Gasteiger partial charge in [-0.25, -0.2) is 0 Å². The molecule has 1 rings (SSSR count). The molecule has 14 heavy (non-hydrogen) atoms. The minimum absolute atomic E-state index is 0.0315. The molecule has 3 N–H and O–H groups in total. The number of aryl methyl sites for hydroxylation is 1. The van der Waals surface area contributed by atoms with E-state index in [1.54, 1.807) is 17.9 Å². The average Bonchev–Trinajstić information content (AvgIpc) is 2.44. The molecule has 1 aromatic rings. The van der Waals surface area contributed by atoms with Crippen LogP contribution in [-0.2, 0) is 7.05 Å². The smallest absolute Gasteiger partial charge is 0.254 e. The van der Waals surface area contributed by atoms with Gasteiger partial charge in [-0.2, -0.15) is 5.10 Å². The zero-order valence-electron chi connectivity index (χ0n) is 8.74. The van der Waals surface area contributed by atoms with E-state index in [-0.39, 0.29) is 11.9 Å². The number of hydrogen-bond donors (Lipinski definition) is 2. The molecule has 0 fully saturated rings. The highest BCUT2D eigenvalue weighted by molar-refractivity contribution is 5.95. The van der Waals surface area contributed by atoms with Crippen molar-refractivity contribution in [1.29, 1.82) is 0 Å². The van der Waals surface area contributed by atoms with Crippen LogP contribution in [0, 0.1) is 6.92 Å². The Kier molecular flexibility index (Phi) is 3.24. The number of rotatable bonds is 3. The fourth-order valence-corrected chi connectivity index (χ4v) is 1.07. The highest BCUT2D eigenvalue weighted by Gasteiger charge is 2.12. The third-order valence-electron chi connectivity index (χ3n) is 2.06. The first kappa shape index (κ1) is 10.7. The number of nitrogens with two attached hydrogens (primary N) is 1. The van der Waals surface area contributed by atoms with Crippen LogP contribution in [0.3, 0.4) is 0 Å². The molecule has 1 aromatic heterocycles. The molecule has 5 heteroatoms. The van der Waals surface area contributed by atoms with Crippen molar-refractivity contribution < 1.29 is 4.79 Å². The number of aromatic nitrogens is 2. The van der Waals surface area contributed by atoms with Crippen LogP contribution < -0.4 is 11.1 Å². The van der Waals surface area contributed by atoms with Gasteiger partial charge >= 0.3 is 0 Å². The fraction of sp³-hybridized carbons (Fsp3) is 0.556. The van der Waals surface area contributed by atoms with Crippen LogP contribution in [0.15, 0.2) is 6.20 Å². The van der Waals surface area contributed by atoms with Crippen molar-refractivity contribution in [2.75, 3.05) is 6.54 Å². The van der Waals surface area contributed by atoms with Crippen molar-refractivity contribution in [3.63, 3.8) is 0 Å². The summed E-state index contributed by atoms with van der Waals surface area (Å²) in [5, 5.41) is 6.72. The second kappa shape index (κ2) is 4.23. The van der Waals surface area contributed by atoms with Crippen LogP contribution in [0.4, 0.5) is 0 Å². The summed E-state index contributed by atoms with van der Waals surface area (Å²) >= 11 is 0. The Morgan fingerprint density at radius 2 is 2.43 bits per heavy atom. The van der Waals surface area contributed by atoms with E-state index in [4.69, 9.17) is 5.73 Å². The van der Waals surface area contributed by atoms with Crippen molar-refractivity contribution in [2.45, 2.75) is 19.9 Å². The van der Waals surface area contributed by atoms with Crippen LogP contribution in [0.25, 0.3) is 0 Å². The minimum atomic E-state index is -0.118. The molecule has 78 valence electrons. The van der Waals surface area contributed by atoms with Crippen LogP contribution >= 0.6 is 0 Å². The lowest BCUT2D eigenvalue weighted by Gasteiger charge is -2.06. The number of nitrogens with zero attached hydrogens (tertiary/aromatic N) is 2. The Bertz CT molecular complexity index is 330. The van der Waals surface area contributed by atoms with Gasteiger partial charge in [0, 0.05) is 25.3 Å². The van der Waals surface area contributed by atoms with E-state index in [1.807, 2.05) is 13.8 Å². The van der Waals surface area contributed by atoms with E-state index in [2.05, 4.69) is 10.4 Å². The van der Waals surface area contributed by atoms with Gasteiger partial charge in [0.15, 0.2) is 0 Å². The molecule has 0 aliphatic carbocycles. The predicted octanol–water partition coefficient (Wildman–Crippen LogP) is -0.194. The maximum Gasteiger partial charge on any atom is 0.254 e. The normalized spacial score (nSPS) is 12.6. The zero-order valence-corrected chi connectivity index (χ0v) is 8.74. The Labute approximate surface area is 83.3 Å². The van der Waals surface area contributed by atoms with Gasteiger partial charge in [-0.1, -0.05) is 0 Å². The monoisotopic (exact) mass is 196 g/mol. The molecule has 5 nitrogen and oxygen atoms in total. The summed E-state index contributed by atoms with van der Waals surface area (Å²) in [7, 11) is 1.80. The van der Waals surface area contributed by atoms with Crippen LogP contribution in [0.2, 0.25) is 0 Å². The number of nitrogens with one attached hydrogen (secondary N) is 1. The lowest BCUT2D eigenvalue weighted by molar-refractivity contribution is 0.0951. The SMILES string of the molecule is Cc1c(C(=O)NCC(C)N)cnn1C. The van der Waals surface area contributed by atoms with E-state index in [0.717, 1.165) is 5.69 Å². The van der Waals surface area contributed by atoms with Crippen LogP contribution in [-0.4, -0.2) is 28.3 Å². The molecule has 0 bridgehead atoms. The summed E-state index contributed by atoms with van der Waals surface area (Å²) in [6.07, 6.45) is 1.56. The maximum atomic E-state index is 11.6. The van der Waals surface area contributed by atoms with E-state index in [9.17, 15) is 4.79 Å². The first-order valence-corrected chi connectivity index (χ1v) is 4.54. The van der Waals surface area contributed by atoms with Gasteiger partial charge in [0.25, 0.3) is 5.91 Å². The van der Waals surface area contributed by atoms with Gasteiger partial charge in [0.2, 0.25) is 0 Å². The lowest BCUT2D eigenvalue weighted by Crippen LogP contribution is -2.35. The van der Waals surface area contributed by atoms with Crippen molar-refractivity contribution in [2.24, 2.45) is 12.8 Å². The van der Waals surface area contributed by atoms with Gasteiger partial charge in [-0.15, -0.1) is 0 Å². The van der Waals surface area contributed by atoms with Gasteiger partial charge in [-0.3, -0.25) is 9.48 Å². The molecule has 1 unspecified atom stereocenters. The Morgan fingerprint density at radius 1 is 1.79 bits per heavy atom. The molecule has 0 radical (unpaired) electrons. The van der Waals surface area contributed by atoms with Crippen molar-refractivity contribution in [3.05, 3.63) is 17.5 Å². The van der Waals surface area contributed by atoms with Crippen molar-refractivity contribution in [3.8, 4) is 0 Å². The zero-order chi connectivity index (χ0) is 10.7. The summed E-state index contributed by atoms with van der Waals surface area (Å²) in [5.74, 6) is -0.118. The Morgan fingerprint density at radius 3 is 2.86 bits per heavy atom. The molecule has 1 heterocycles. The Hall–Kier alpha value is -1.36. The molecule has 0 aliphatic rings. The standard InChI is InChI=1S/C9H16N4O/c1-6(10)4-11-9(14)8-5-12-13(3)7(8)2/h5-6H,4,10H2,1-3H3,(H,11,14). The highest BCUT2D eigenvalue weighted by atomic mass is 16.1. The molecular formula is C9H16N4O. The summed E-state index contributed by atoms with van der Waals surface area (Å²) < 4.78 is 1.67. The number of carbonyl (C=O) groups is 1. The van der Waals surface area contributed by atoms with Crippen LogP contribution in [0.1, 0.15) is 23.0 Å². The first-order valence-electron chi connectivity index (χ1n) is 4.54. The van der Waals surface area contributed by atoms with Gasteiger partial charge in [-0.05, 0) is 13.8 Å². The average molecular weight is 196 g/mol. The summed E-state index contributed by atoms with van der Waals surface area (Å²) in [4.78, 5) is 11.6. The second-order valence-electron chi connectivity index (χ2n) is 3.45. The minimum Gasteiger partial charge on any atom is -0.350 e. The van der Waals surface area contributed by atoms with Crippen molar-refractivity contribution in [1.82, 2.24) is 15.1 Å². The Balaban J connectivity index is 2.66. The number of hydrogen-bond acceptors (Lipinski definition) is 3. The first-order chi connectivity index (χ1) is 6.52. The van der Waals surface area contributed by atoms with E-state index >= 15 is 0 Å². The number of carbonyl (C=O) groups excluding carboxylic acids is 1. The second-order valence-corrected chi connectivity index (χ2v) is 3.45. The fourth-order valence-electron chi connectivity index (χ4n) is 1.07. The summed E-state index contributed by atoms with van der Waals surface area (Å²) in [6.45, 7) is 4.18. The third-order valence-corrected chi connectivity index (χ3v) is 2.06. The summed E-state index contributed by atoms with van der Waals surface area (Å²) in [6, 6.07) is -0.0315. The third kappa shape index (κ3) is 2.32. The summed E-state index contributed by atoms with van der Waals surface area (Å²) in [5.41, 5.74) is 6.99. The van der Waals surface area contributed by atoms with Gasteiger partial charge in [0.1, 0.15) is 0 Å². The van der Waals surface area contributed by atoms with E-state index in [1.165, 1.54) is 0 Å². The largest absolute Gasteiger partial charge is 0.350 e. The molecule has 0 saturated heterocycles. The molecular weight excluding hydrogens is 180 g/mol. The molecule has 1 atom stereocenters. The van der Waals surface area contributed by atoms with Crippen molar-refractivity contribution >= 4 is 5.91 Å². The molecule has 0 spiro atoms. The van der Waals surface area contributed by atoms with Crippen LogP contribution in [0.5, 0.6) is 0 Å². The predicted molar refractivity (Wildman–Crippen MR) is 53.9 cm³/mol. The number of amides is 1.